The molecule has 9 heteroatoms. The molecule has 0 aliphatic rings. The SMILES string of the molecule is COC(=O)NCCOC(c1cccc(Cl)c1)c1cc(C(N)=O)cc(C(=O)O)c1. The summed E-state index contributed by atoms with van der Waals surface area (Å²) in [7, 11) is 1.24. The van der Waals surface area contributed by atoms with Gasteiger partial charge in [-0.25, -0.2) is 9.59 Å². The summed E-state index contributed by atoms with van der Waals surface area (Å²) in [5.41, 5.74) is 6.32. The predicted molar refractivity (Wildman–Crippen MR) is 102 cm³/mol. The van der Waals surface area contributed by atoms with Crippen molar-refractivity contribution in [3.05, 3.63) is 69.7 Å². The number of rotatable bonds is 8. The number of hydrogen-bond acceptors (Lipinski definition) is 5. The maximum atomic E-state index is 11.6. The van der Waals surface area contributed by atoms with Crippen LogP contribution in [-0.2, 0) is 9.47 Å². The number of carbonyl (C=O) groups is 3. The van der Waals surface area contributed by atoms with Crippen molar-refractivity contribution in [3.8, 4) is 0 Å². The van der Waals surface area contributed by atoms with E-state index in [2.05, 4.69) is 10.1 Å². The number of carboxylic acids is 1. The van der Waals surface area contributed by atoms with Crippen molar-refractivity contribution in [1.82, 2.24) is 5.32 Å². The van der Waals surface area contributed by atoms with Crippen molar-refractivity contribution < 1.29 is 29.0 Å². The standard InChI is InChI=1S/C19H19ClN2O6/c1-27-19(26)22-5-6-28-16(11-3-2-4-15(20)10-11)12-7-13(17(21)23)9-14(8-12)18(24)25/h2-4,7-10,16H,5-6H2,1H3,(H2,21,23)(H,22,26)(H,24,25). The second kappa shape index (κ2) is 9.72. The number of benzene rings is 2. The summed E-state index contributed by atoms with van der Waals surface area (Å²) in [4.78, 5) is 34.2. The topological polar surface area (TPSA) is 128 Å². The molecule has 0 bridgehead atoms. The normalized spacial score (nSPS) is 11.5. The third kappa shape index (κ3) is 5.70. The van der Waals surface area contributed by atoms with E-state index in [0.717, 1.165) is 0 Å². The van der Waals surface area contributed by atoms with Crippen molar-refractivity contribution in [2.45, 2.75) is 6.10 Å². The van der Waals surface area contributed by atoms with Crippen LogP contribution in [0.15, 0.2) is 42.5 Å². The second-order valence-corrected chi connectivity index (χ2v) is 6.17. The Balaban J connectivity index is 2.39. The maximum Gasteiger partial charge on any atom is 0.406 e. The van der Waals surface area contributed by atoms with Crippen LogP contribution >= 0.6 is 11.6 Å². The Morgan fingerprint density at radius 2 is 1.86 bits per heavy atom. The van der Waals surface area contributed by atoms with Crippen molar-refractivity contribution in [2.24, 2.45) is 5.73 Å². The second-order valence-electron chi connectivity index (χ2n) is 5.74. The molecule has 2 amide bonds. The maximum absolute atomic E-state index is 11.6. The average molecular weight is 407 g/mol. The molecule has 8 nitrogen and oxygen atoms in total. The zero-order valence-electron chi connectivity index (χ0n) is 15.0. The van der Waals surface area contributed by atoms with Gasteiger partial charge in [-0.1, -0.05) is 23.7 Å². The van der Waals surface area contributed by atoms with E-state index in [4.69, 9.17) is 22.1 Å². The fourth-order valence-electron chi connectivity index (χ4n) is 2.53. The first-order valence-corrected chi connectivity index (χ1v) is 8.56. The molecule has 0 saturated carbocycles. The highest BCUT2D eigenvalue weighted by Crippen LogP contribution is 2.29. The van der Waals surface area contributed by atoms with E-state index in [1.54, 1.807) is 24.3 Å². The molecule has 0 spiro atoms. The summed E-state index contributed by atoms with van der Waals surface area (Å²) in [6.45, 7) is 0.251. The quantitative estimate of drug-likeness (QED) is 0.578. The molecule has 0 radical (unpaired) electrons. The molecule has 0 saturated heterocycles. The van der Waals surface area contributed by atoms with Gasteiger partial charge in [0.25, 0.3) is 0 Å². The van der Waals surface area contributed by atoms with Crippen LogP contribution in [0.5, 0.6) is 0 Å². The minimum absolute atomic E-state index is 0.0400. The van der Waals surface area contributed by atoms with Gasteiger partial charge in [-0.2, -0.15) is 0 Å². The summed E-state index contributed by atoms with van der Waals surface area (Å²) in [5.74, 6) is -1.97. The van der Waals surface area contributed by atoms with Crippen LogP contribution in [0.4, 0.5) is 4.79 Å². The van der Waals surface area contributed by atoms with E-state index < -0.39 is 24.1 Å². The summed E-state index contributed by atoms with van der Waals surface area (Å²) < 4.78 is 10.3. The molecule has 0 fully saturated rings. The van der Waals surface area contributed by atoms with E-state index in [1.807, 2.05) is 0 Å². The van der Waals surface area contributed by atoms with Crippen LogP contribution in [0.3, 0.4) is 0 Å². The number of halogens is 1. The molecule has 148 valence electrons. The van der Waals surface area contributed by atoms with Crippen LogP contribution in [0, 0.1) is 0 Å². The van der Waals surface area contributed by atoms with E-state index in [9.17, 15) is 19.5 Å². The van der Waals surface area contributed by atoms with Crippen LogP contribution < -0.4 is 11.1 Å². The Kier molecular flexibility index (Phi) is 7.36. The van der Waals surface area contributed by atoms with Gasteiger partial charge in [0.1, 0.15) is 6.10 Å². The van der Waals surface area contributed by atoms with Crippen molar-refractivity contribution in [2.75, 3.05) is 20.3 Å². The van der Waals surface area contributed by atoms with Gasteiger partial charge in [0.15, 0.2) is 0 Å². The Bertz CT molecular complexity index is 854. The first-order valence-electron chi connectivity index (χ1n) is 8.18. The van der Waals surface area contributed by atoms with Crippen molar-refractivity contribution in [3.63, 3.8) is 0 Å². The lowest BCUT2D eigenvalue weighted by atomic mass is 9.96. The molecule has 2 aromatic rings. The molecule has 4 N–H and O–H groups in total. The average Bonchev–Trinajstić information content (AvgIpc) is 2.67. The van der Waals surface area contributed by atoms with Gasteiger partial charge in [0.05, 0.1) is 19.3 Å². The highest BCUT2D eigenvalue weighted by molar-refractivity contribution is 6.30. The van der Waals surface area contributed by atoms with Crippen molar-refractivity contribution >= 4 is 29.6 Å². The summed E-state index contributed by atoms with van der Waals surface area (Å²) in [5, 5.41) is 12.3. The molecule has 1 atom stereocenters. The number of alkyl carbamates (subject to hydrolysis) is 1. The number of nitrogens with one attached hydrogen (secondary N) is 1. The Labute approximate surface area is 166 Å². The van der Waals surface area contributed by atoms with Gasteiger partial charge in [0.2, 0.25) is 5.91 Å². The third-order valence-electron chi connectivity index (χ3n) is 3.78. The van der Waals surface area contributed by atoms with Crippen LogP contribution in [0.1, 0.15) is 37.9 Å². The van der Waals surface area contributed by atoms with E-state index >= 15 is 0 Å². The molecule has 0 heterocycles. The van der Waals surface area contributed by atoms with E-state index in [0.29, 0.717) is 16.1 Å². The third-order valence-corrected chi connectivity index (χ3v) is 4.02. The van der Waals surface area contributed by atoms with Gasteiger partial charge in [-0.05, 0) is 41.5 Å². The zero-order valence-corrected chi connectivity index (χ0v) is 15.7. The number of methoxy groups -OCH3 is 1. The summed E-state index contributed by atoms with van der Waals surface area (Å²) in [6.07, 6.45) is -1.35. The Morgan fingerprint density at radius 1 is 1.14 bits per heavy atom. The van der Waals surface area contributed by atoms with E-state index in [1.165, 1.54) is 25.3 Å². The van der Waals surface area contributed by atoms with Crippen LogP contribution in [0.2, 0.25) is 5.02 Å². The molecule has 0 aromatic heterocycles. The molecule has 2 rings (SSSR count). The fourth-order valence-corrected chi connectivity index (χ4v) is 2.72. The number of aromatic carboxylic acids is 1. The van der Waals surface area contributed by atoms with Crippen LogP contribution in [-0.4, -0.2) is 43.3 Å². The van der Waals surface area contributed by atoms with E-state index in [-0.39, 0.29) is 24.3 Å². The zero-order chi connectivity index (χ0) is 20.7. The Hall–Kier alpha value is -3.10. The fraction of sp³-hybridized carbons (Fsp3) is 0.211. The highest BCUT2D eigenvalue weighted by atomic mass is 35.5. The van der Waals surface area contributed by atoms with Crippen molar-refractivity contribution in [1.29, 1.82) is 0 Å². The smallest absolute Gasteiger partial charge is 0.406 e. The van der Waals surface area contributed by atoms with Gasteiger partial charge >= 0.3 is 12.1 Å². The molecule has 1 unspecified atom stereocenters. The number of nitrogens with two attached hydrogens (primary N) is 1. The first-order chi connectivity index (χ1) is 13.3. The van der Waals surface area contributed by atoms with Gasteiger partial charge in [-0.15, -0.1) is 0 Å². The monoisotopic (exact) mass is 406 g/mol. The number of ether oxygens (including phenoxy) is 2. The Morgan fingerprint density at radius 3 is 2.46 bits per heavy atom. The minimum Gasteiger partial charge on any atom is -0.478 e. The largest absolute Gasteiger partial charge is 0.478 e. The first kappa shape index (κ1) is 21.2. The summed E-state index contributed by atoms with van der Waals surface area (Å²) >= 11 is 6.06. The number of primary amides is 1. The molecular weight excluding hydrogens is 388 g/mol. The lowest BCUT2D eigenvalue weighted by Gasteiger charge is -2.20. The molecule has 28 heavy (non-hydrogen) atoms. The lowest BCUT2D eigenvalue weighted by molar-refractivity contribution is 0.0693. The molecule has 2 aromatic carbocycles. The predicted octanol–water partition coefficient (Wildman–Crippen LogP) is 2.60. The van der Waals surface area contributed by atoms with Gasteiger partial charge in [0, 0.05) is 17.1 Å². The number of amides is 2. The summed E-state index contributed by atoms with van der Waals surface area (Å²) in [6, 6.07) is 10.9. The molecular formula is C19H19ClN2O6. The number of carbonyl (C=O) groups excluding carboxylic acids is 2. The molecule has 0 aliphatic carbocycles. The minimum atomic E-state index is -1.21. The lowest BCUT2D eigenvalue weighted by Crippen LogP contribution is -2.27. The van der Waals surface area contributed by atoms with Gasteiger partial charge in [-0.3, -0.25) is 4.79 Å². The highest BCUT2D eigenvalue weighted by Gasteiger charge is 2.20. The number of carboxylic acid groups (broad SMARTS) is 1. The van der Waals surface area contributed by atoms with Gasteiger partial charge < -0.3 is 25.6 Å². The number of hydrogen-bond donors (Lipinski definition) is 3. The molecule has 0 aliphatic heterocycles. The van der Waals surface area contributed by atoms with Crippen LogP contribution in [0.25, 0.3) is 0 Å².